The maximum atomic E-state index is 5.76. The van der Waals surface area contributed by atoms with Crippen LogP contribution in [0.3, 0.4) is 0 Å². The lowest BCUT2D eigenvalue weighted by Crippen LogP contribution is -2.22. The Kier molecular flexibility index (Phi) is 3.33. The van der Waals surface area contributed by atoms with E-state index in [0.29, 0.717) is 17.1 Å². The summed E-state index contributed by atoms with van der Waals surface area (Å²) in [6.07, 6.45) is 0. The van der Waals surface area contributed by atoms with Crippen molar-refractivity contribution in [2.24, 2.45) is 16.5 Å². The fourth-order valence-electron chi connectivity index (χ4n) is 1.45. The molecule has 0 heterocycles. The van der Waals surface area contributed by atoms with Gasteiger partial charge in [0.2, 0.25) is 0 Å². The molecule has 0 amide bonds. The first-order chi connectivity index (χ1) is 8.65. The Balaban J connectivity index is 2.28. The number of ether oxygens (including phenoxy) is 1. The third-order valence-electron chi connectivity index (χ3n) is 2.23. The van der Waals surface area contributed by atoms with Crippen molar-refractivity contribution < 1.29 is 4.74 Å². The molecule has 2 rings (SSSR count). The molecule has 92 valence electrons. The lowest BCUT2D eigenvalue weighted by molar-refractivity contribution is 0.483. The summed E-state index contributed by atoms with van der Waals surface area (Å²) in [4.78, 5) is 3.93. The molecule has 6 N–H and O–H groups in total. The van der Waals surface area contributed by atoms with Gasteiger partial charge in [0.25, 0.3) is 0 Å². The summed E-state index contributed by atoms with van der Waals surface area (Å²) in [7, 11) is 0. The highest BCUT2D eigenvalue weighted by Crippen LogP contribution is 2.29. The Morgan fingerprint density at radius 1 is 0.944 bits per heavy atom. The zero-order chi connectivity index (χ0) is 13.0. The molecular formula is C13H14N4O. The van der Waals surface area contributed by atoms with Gasteiger partial charge in [-0.1, -0.05) is 18.2 Å². The largest absolute Gasteiger partial charge is 0.457 e. The van der Waals surface area contributed by atoms with Crippen molar-refractivity contribution >= 4 is 17.3 Å². The van der Waals surface area contributed by atoms with Gasteiger partial charge in [0.05, 0.1) is 11.4 Å². The maximum Gasteiger partial charge on any atom is 0.191 e. The van der Waals surface area contributed by atoms with Crippen LogP contribution in [0.25, 0.3) is 0 Å². The van der Waals surface area contributed by atoms with Gasteiger partial charge in [0.15, 0.2) is 5.96 Å². The second-order valence-electron chi connectivity index (χ2n) is 3.67. The average Bonchev–Trinajstić information content (AvgIpc) is 2.34. The minimum Gasteiger partial charge on any atom is -0.457 e. The summed E-state index contributed by atoms with van der Waals surface area (Å²) < 4.78 is 5.65. The minimum atomic E-state index is -0.0430. The van der Waals surface area contributed by atoms with Crippen molar-refractivity contribution in [2.45, 2.75) is 0 Å². The number of guanidine groups is 1. The summed E-state index contributed by atoms with van der Waals surface area (Å²) in [6, 6.07) is 14.6. The molecule has 0 aliphatic carbocycles. The number of aliphatic imine (C=N–C) groups is 1. The topological polar surface area (TPSA) is 99.7 Å². The second kappa shape index (κ2) is 5.09. The molecule has 0 bridgehead atoms. The highest BCUT2D eigenvalue weighted by molar-refractivity contribution is 5.82. The number of hydrogen-bond donors (Lipinski definition) is 3. The van der Waals surface area contributed by atoms with Gasteiger partial charge < -0.3 is 21.9 Å². The van der Waals surface area contributed by atoms with E-state index in [2.05, 4.69) is 4.99 Å². The van der Waals surface area contributed by atoms with Gasteiger partial charge in [-0.2, -0.15) is 0 Å². The second-order valence-corrected chi connectivity index (χ2v) is 3.67. The zero-order valence-corrected chi connectivity index (χ0v) is 9.71. The monoisotopic (exact) mass is 242 g/mol. The summed E-state index contributed by atoms with van der Waals surface area (Å²) in [5.74, 6) is 1.31. The van der Waals surface area contributed by atoms with E-state index in [1.807, 2.05) is 30.3 Å². The van der Waals surface area contributed by atoms with E-state index in [9.17, 15) is 0 Å². The van der Waals surface area contributed by atoms with Crippen LogP contribution in [0.2, 0.25) is 0 Å². The molecule has 0 unspecified atom stereocenters. The number of para-hydroxylation sites is 1. The third kappa shape index (κ3) is 2.91. The van der Waals surface area contributed by atoms with E-state index in [-0.39, 0.29) is 5.96 Å². The Morgan fingerprint density at radius 2 is 1.67 bits per heavy atom. The van der Waals surface area contributed by atoms with Crippen molar-refractivity contribution in [3.63, 3.8) is 0 Å². The van der Waals surface area contributed by atoms with Gasteiger partial charge >= 0.3 is 0 Å². The molecular weight excluding hydrogens is 228 g/mol. The quantitative estimate of drug-likeness (QED) is 0.435. The van der Waals surface area contributed by atoms with Gasteiger partial charge in [-0.25, -0.2) is 4.99 Å². The molecule has 0 atom stereocenters. The molecule has 0 fully saturated rings. The lowest BCUT2D eigenvalue weighted by Gasteiger charge is -2.07. The summed E-state index contributed by atoms with van der Waals surface area (Å²) in [6.45, 7) is 0. The fraction of sp³-hybridized carbons (Fsp3) is 0. The van der Waals surface area contributed by atoms with Crippen LogP contribution in [0.5, 0.6) is 11.5 Å². The number of nitrogen functional groups attached to an aromatic ring is 1. The highest BCUT2D eigenvalue weighted by Gasteiger charge is 2.02. The van der Waals surface area contributed by atoms with Crippen molar-refractivity contribution in [3.8, 4) is 11.5 Å². The molecule has 0 aliphatic heterocycles. The summed E-state index contributed by atoms with van der Waals surface area (Å²) >= 11 is 0. The number of nitrogens with two attached hydrogens (primary N) is 3. The predicted molar refractivity (Wildman–Crippen MR) is 72.8 cm³/mol. The first-order valence-electron chi connectivity index (χ1n) is 5.37. The zero-order valence-electron chi connectivity index (χ0n) is 9.71. The van der Waals surface area contributed by atoms with E-state index < -0.39 is 0 Å². The SMILES string of the molecule is NC(N)=Nc1cc(Oc2ccccc2)ccc1N. The first kappa shape index (κ1) is 11.8. The van der Waals surface area contributed by atoms with Gasteiger partial charge in [-0.15, -0.1) is 0 Å². The van der Waals surface area contributed by atoms with Crippen molar-refractivity contribution in [3.05, 3.63) is 48.5 Å². The Hall–Kier alpha value is -2.69. The number of rotatable bonds is 3. The van der Waals surface area contributed by atoms with Crippen molar-refractivity contribution in [2.75, 3.05) is 5.73 Å². The van der Waals surface area contributed by atoms with Crippen LogP contribution in [-0.4, -0.2) is 5.96 Å². The van der Waals surface area contributed by atoms with E-state index in [1.165, 1.54) is 0 Å². The van der Waals surface area contributed by atoms with Gasteiger partial charge in [0, 0.05) is 6.07 Å². The van der Waals surface area contributed by atoms with E-state index in [1.54, 1.807) is 18.2 Å². The highest BCUT2D eigenvalue weighted by atomic mass is 16.5. The van der Waals surface area contributed by atoms with Gasteiger partial charge in [-0.3, -0.25) is 0 Å². The molecule has 5 nitrogen and oxygen atoms in total. The molecule has 0 saturated heterocycles. The normalized spacial score (nSPS) is 9.78. The molecule has 2 aromatic rings. The summed E-state index contributed by atoms with van der Waals surface area (Å²) in [5.41, 5.74) is 17.4. The molecule has 18 heavy (non-hydrogen) atoms. The van der Waals surface area contributed by atoms with Crippen LogP contribution in [0, 0.1) is 0 Å². The number of nitrogens with zero attached hydrogens (tertiary/aromatic N) is 1. The van der Waals surface area contributed by atoms with Crippen LogP contribution in [0.15, 0.2) is 53.5 Å². The van der Waals surface area contributed by atoms with Crippen molar-refractivity contribution in [1.82, 2.24) is 0 Å². The Morgan fingerprint density at radius 3 is 2.33 bits per heavy atom. The Labute approximate surface area is 105 Å². The van der Waals surface area contributed by atoms with Crippen LogP contribution < -0.4 is 21.9 Å². The standard InChI is InChI=1S/C13H14N4O/c14-11-7-6-10(8-12(11)17-13(15)16)18-9-4-2-1-3-5-9/h1-8H,14H2,(H4,15,16,17). The van der Waals surface area contributed by atoms with Crippen molar-refractivity contribution in [1.29, 1.82) is 0 Å². The molecule has 2 aromatic carbocycles. The first-order valence-corrected chi connectivity index (χ1v) is 5.37. The van der Waals surface area contributed by atoms with Crippen LogP contribution in [0.4, 0.5) is 11.4 Å². The molecule has 0 radical (unpaired) electrons. The molecule has 0 aliphatic rings. The van der Waals surface area contributed by atoms with Crippen LogP contribution in [0.1, 0.15) is 0 Å². The minimum absolute atomic E-state index is 0.0430. The fourth-order valence-corrected chi connectivity index (χ4v) is 1.45. The van der Waals surface area contributed by atoms with E-state index in [0.717, 1.165) is 5.75 Å². The molecule has 0 saturated carbocycles. The van der Waals surface area contributed by atoms with E-state index in [4.69, 9.17) is 21.9 Å². The van der Waals surface area contributed by atoms with Crippen LogP contribution in [-0.2, 0) is 0 Å². The third-order valence-corrected chi connectivity index (χ3v) is 2.23. The molecule has 5 heteroatoms. The van der Waals surface area contributed by atoms with E-state index >= 15 is 0 Å². The Bertz CT molecular complexity index is 562. The number of hydrogen-bond acceptors (Lipinski definition) is 3. The predicted octanol–water partition coefficient (Wildman–Crippen LogP) is 1.97. The molecule has 0 spiro atoms. The molecule has 0 aromatic heterocycles. The summed E-state index contributed by atoms with van der Waals surface area (Å²) in [5, 5.41) is 0. The smallest absolute Gasteiger partial charge is 0.191 e. The number of anilines is 1. The number of benzene rings is 2. The van der Waals surface area contributed by atoms with Gasteiger partial charge in [0.1, 0.15) is 11.5 Å². The average molecular weight is 242 g/mol. The lowest BCUT2D eigenvalue weighted by atomic mass is 10.2. The van der Waals surface area contributed by atoms with Crippen LogP contribution >= 0.6 is 0 Å². The van der Waals surface area contributed by atoms with Gasteiger partial charge in [-0.05, 0) is 24.3 Å². The maximum absolute atomic E-state index is 5.76.